The van der Waals surface area contributed by atoms with Gasteiger partial charge in [0.25, 0.3) is 0 Å². The number of likely N-dealkylation sites (tertiary alicyclic amines) is 1. The Morgan fingerprint density at radius 2 is 1.90 bits per heavy atom. The van der Waals surface area contributed by atoms with Crippen molar-refractivity contribution in [3.8, 4) is 0 Å². The molecule has 0 amide bonds. The number of nitrogens with one attached hydrogen (secondary N) is 1. The van der Waals surface area contributed by atoms with E-state index in [1.807, 2.05) is 0 Å². The minimum absolute atomic E-state index is 0.373. The molecule has 1 unspecified atom stereocenters. The molecule has 0 radical (unpaired) electrons. The van der Waals surface area contributed by atoms with Crippen molar-refractivity contribution in [2.24, 2.45) is 11.8 Å². The summed E-state index contributed by atoms with van der Waals surface area (Å²) in [5, 5.41) is 3.54. The van der Waals surface area contributed by atoms with Crippen LogP contribution in [0.2, 0.25) is 0 Å². The number of hydrogen-bond donors (Lipinski definition) is 1. The van der Waals surface area contributed by atoms with Crippen molar-refractivity contribution in [3.63, 3.8) is 0 Å². The first-order valence-electron chi connectivity index (χ1n) is 8.68. The summed E-state index contributed by atoms with van der Waals surface area (Å²) >= 11 is 0. The van der Waals surface area contributed by atoms with Gasteiger partial charge in [0.2, 0.25) is 0 Å². The second-order valence-corrected chi connectivity index (χ2v) is 7.42. The van der Waals surface area contributed by atoms with Gasteiger partial charge >= 0.3 is 0 Å². The summed E-state index contributed by atoms with van der Waals surface area (Å²) in [6.07, 6.45) is 3.94. The topological polar surface area (TPSA) is 15.3 Å². The standard InChI is InChI=1S/C19H30N2/c1-16(2)17-8-13-21(14-17)15-19(9-11-20-12-10-19)18-6-4-3-5-7-18/h3-7,16-17,20H,8-15H2,1-2H3. The molecule has 1 aromatic rings. The second kappa shape index (κ2) is 6.50. The maximum absolute atomic E-state index is 3.54. The molecular weight excluding hydrogens is 256 g/mol. The van der Waals surface area contributed by atoms with Gasteiger partial charge in [-0.15, -0.1) is 0 Å². The lowest BCUT2D eigenvalue weighted by Gasteiger charge is -2.41. The quantitative estimate of drug-likeness (QED) is 0.914. The second-order valence-electron chi connectivity index (χ2n) is 7.42. The predicted molar refractivity (Wildman–Crippen MR) is 89.6 cm³/mol. The van der Waals surface area contributed by atoms with E-state index in [1.165, 1.54) is 38.9 Å². The molecule has 0 aromatic heterocycles. The highest BCUT2D eigenvalue weighted by Crippen LogP contribution is 2.36. The molecule has 0 aliphatic carbocycles. The average Bonchev–Trinajstić information content (AvgIpc) is 2.98. The number of piperidine rings is 1. The van der Waals surface area contributed by atoms with E-state index in [0.717, 1.165) is 24.9 Å². The molecule has 1 atom stereocenters. The summed E-state index contributed by atoms with van der Waals surface area (Å²) in [4.78, 5) is 2.74. The SMILES string of the molecule is CC(C)C1CCN(CC2(c3ccccc3)CCNCC2)C1. The zero-order chi connectivity index (χ0) is 14.7. The summed E-state index contributed by atoms with van der Waals surface area (Å²) in [6, 6.07) is 11.3. The summed E-state index contributed by atoms with van der Waals surface area (Å²) in [7, 11) is 0. The Morgan fingerprint density at radius 3 is 2.52 bits per heavy atom. The van der Waals surface area contributed by atoms with E-state index >= 15 is 0 Å². The molecule has 2 aliphatic heterocycles. The van der Waals surface area contributed by atoms with Crippen LogP contribution in [0.5, 0.6) is 0 Å². The smallest absolute Gasteiger partial charge is 0.0104 e. The normalized spacial score (nSPS) is 26.3. The predicted octanol–water partition coefficient (Wildman–Crippen LogP) is 3.29. The zero-order valence-corrected chi connectivity index (χ0v) is 13.6. The average molecular weight is 286 g/mol. The van der Waals surface area contributed by atoms with Crippen LogP contribution in [0.15, 0.2) is 30.3 Å². The molecule has 0 spiro atoms. The molecule has 0 saturated carbocycles. The van der Waals surface area contributed by atoms with Crippen LogP contribution in [-0.4, -0.2) is 37.6 Å². The molecular formula is C19H30N2. The van der Waals surface area contributed by atoms with Crippen LogP contribution in [-0.2, 0) is 5.41 Å². The van der Waals surface area contributed by atoms with E-state index in [2.05, 4.69) is 54.4 Å². The maximum atomic E-state index is 3.54. The van der Waals surface area contributed by atoms with Gasteiger partial charge in [-0.25, -0.2) is 0 Å². The molecule has 3 rings (SSSR count). The molecule has 2 heteroatoms. The molecule has 0 bridgehead atoms. The van der Waals surface area contributed by atoms with Gasteiger partial charge < -0.3 is 10.2 Å². The first-order valence-corrected chi connectivity index (χ1v) is 8.68. The van der Waals surface area contributed by atoms with Crippen molar-refractivity contribution < 1.29 is 0 Å². The third kappa shape index (κ3) is 3.32. The fourth-order valence-electron chi connectivity index (χ4n) is 4.21. The van der Waals surface area contributed by atoms with E-state index in [0.29, 0.717) is 5.41 Å². The number of nitrogens with zero attached hydrogens (tertiary/aromatic N) is 1. The van der Waals surface area contributed by atoms with Crippen LogP contribution >= 0.6 is 0 Å². The van der Waals surface area contributed by atoms with Crippen LogP contribution in [0.4, 0.5) is 0 Å². The zero-order valence-electron chi connectivity index (χ0n) is 13.6. The number of rotatable bonds is 4. The van der Waals surface area contributed by atoms with E-state index in [1.54, 1.807) is 5.56 Å². The molecule has 2 saturated heterocycles. The van der Waals surface area contributed by atoms with E-state index in [9.17, 15) is 0 Å². The summed E-state index contributed by atoms with van der Waals surface area (Å²) < 4.78 is 0. The number of benzene rings is 1. The van der Waals surface area contributed by atoms with Gasteiger partial charge in [0, 0.05) is 18.5 Å². The summed E-state index contributed by atoms with van der Waals surface area (Å²) in [6.45, 7) is 10.9. The third-order valence-electron chi connectivity index (χ3n) is 5.72. The van der Waals surface area contributed by atoms with Crippen LogP contribution in [0.3, 0.4) is 0 Å². The number of hydrogen-bond acceptors (Lipinski definition) is 2. The highest BCUT2D eigenvalue weighted by atomic mass is 15.2. The minimum Gasteiger partial charge on any atom is -0.317 e. The van der Waals surface area contributed by atoms with Gasteiger partial charge in [-0.05, 0) is 56.3 Å². The van der Waals surface area contributed by atoms with Crippen molar-refractivity contribution >= 4 is 0 Å². The lowest BCUT2D eigenvalue weighted by Crippen LogP contribution is -2.47. The lowest BCUT2D eigenvalue weighted by molar-refractivity contribution is 0.192. The van der Waals surface area contributed by atoms with Crippen LogP contribution in [0.1, 0.15) is 38.7 Å². The van der Waals surface area contributed by atoms with Crippen molar-refractivity contribution in [2.75, 3.05) is 32.7 Å². The monoisotopic (exact) mass is 286 g/mol. The van der Waals surface area contributed by atoms with Gasteiger partial charge in [-0.3, -0.25) is 0 Å². The van der Waals surface area contributed by atoms with Gasteiger partial charge in [0.1, 0.15) is 0 Å². The first kappa shape index (κ1) is 15.1. The molecule has 2 aliphatic rings. The first-order chi connectivity index (χ1) is 10.2. The van der Waals surface area contributed by atoms with Crippen molar-refractivity contribution in [2.45, 2.75) is 38.5 Å². The fraction of sp³-hybridized carbons (Fsp3) is 0.684. The molecule has 2 heterocycles. The fourth-order valence-corrected chi connectivity index (χ4v) is 4.21. The Morgan fingerprint density at radius 1 is 1.19 bits per heavy atom. The van der Waals surface area contributed by atoms with Crippen LogP contribution < -0.4 is 5.32 Å². The summed E-state index contributed by atoms with van der Waals surface area (Å²) in [5.41, 5.74) is 1.93. The molecule has 1 aromatic carbocycles. The van der Waals surface area contributed by atoms with Gasteiger partial charge in [-0.1, -0.05) is 44.2 Å². The Balaban J connectivity index is 1.75. The van der Waals surface area contributed by atoms with E-state index in [4.69, 9.17) is 0 Å². The summed E-state index contributed by atoms with van der Waals surface area (Å²) in [5.74, 6) is 1.73. The lowest BCUT2D eigenvalue weighted by atomic mass is 9.73. The van der Waals surface area contributed by atoms with Crippen molar-refractivity contribution in [1.29, 1.82) is 0 Å². The Hall–Kier alpha value is -0.860. The Labute approximate surface area is 129 Å². The van der Waals surface area contributed by atoms with Gasteiger partial charge in [-0.2, -0.15) is 0 Å². The largest absolute Gasteiger partial charge is 0.317 e. The third-order valence-corrected chi connectivity index (χ3v) is 5.72. The van der Waals surface area contributed by atoms with E-state index < -0.39 is 0 Å². The molecule has 116 valence electrons. The van der Waals surface area contributed by atoms with Crippen molar-refractivity contribution in [1.82, 2.24) is 10.2 Å². The van der Waals surface area contributed by atoms with Gasteiger partial charge in [0.05, 0.1) is 0 Å². The van der Waals surface area contributed by atoms with Crippen LogP contribution in [0.25, 0.3) is 0 Å². The molecule has 2 nitrogen and oxygen atoms in total. The minimum atomic E-state index is 0.373. The van der Waals surface area contributed by atoms with Crippen LogP contribution in [0, 0.1) is 11.8 Å². The molecule has 1 N–H and O–H groups in total. The van der Waals surface area contributed by atoms with Gasteiger partial charge in [0.15, 0.2) is 0 Å². The molecule has 2 fully saturated rings. The van der Waals surface area contributed by atoms with E-state index in [-0.39, 0.29) is 0 Å². The Kier molecular flexibility index (Phi) is 4.66. The highest BCUT2D eigenvalue weighted by molar-refractivity contribution is 5.27. The Bertz CT molecular complexity index is 434. The maximum Gasteiger partial charge on any atom is 0.0104 e. The van der Waals surface area contributed by atoms with Crippen molar-refractivity contribution in [3.05, 3.63) is 35.9 Å². The highest BCUT2D eigenvalue weighted by Gasteiger charge is 2.37. The molecule has 21 heavy (non-hydrogen) atoms.